The van der Waals surface area contributed by atoms with E-state index in [0.717, 1.165) is 6.54 Å². The molecule has 1 aliphatic heterocycles. The molecule has 0 fully saturated rings. The summed E-state index contributed by atoms with van der Waals surface area (Å²) in [5.74, 6) is 0. The minimum Gasteiger partial charge on any atom is -0.299 e. The standard InChI is InChI=1S/C14H21N/c1-5-15-7-6-13-11(3)8-10(2)12(4)14(13)9-15/h8H,5-7,9H2,1-4H3. The number of hydrogen-bond donors (Lipinski definition) is 0. The van der Waals surface area contributed by atoms with Gasteiger partial charge in [0, 0.05) is 13.1 Å². The van der Waals surface area contributed by atoms with Crippen LogP contribution in [-0.4, -0.2) is 18.0 Å². The molecule has 0 N–H and O–H groups in total. The van der Waals surface area contributed by atoms with Gasteiger partial charge in [0.05, 0.1) is 0 Å². The van der Waals surface area contributed by atoms with Gasteiger partial charge in [-0.05, 0) is 61.6 Å². The van der Waals surface area contributed by atoms with Gasteiger partial charge < -0.3 is 0 Å². The Kier molecular flexibility index (Phi) is 2.83. The lowest BCUT2D eigenvalue weighted by molar-refractivity contribution is 0.267. The fraction of sp³-hybridized carbons (Fsp3) is 0.571. The molecule has 0 saturated heterocycles. The van der Waals surface area contributed by atoms with Crippen molar-refractivity contribution in [3.05, 3.63) is 33.9 Å². The zero-order valence-electron chi connectivity index (χ0n) is 10.4. The van der Waals surface area contributed by atoms with Crippen molar-refractivity contribution in [1.29, 1.82) is 0 Å². The van der Waals surface area contributed by atoms with Crippen LogP contribution in [0.1, 0.15) is 34.7 Å². The Morgan fingerprint density at radius 3 is 2.53 bits per heavy atom. The smallest absolute Gasteiger partial charge is 0.0239 e. The molecule has 1 aliphatic rings. The number of rotatable bonds is 1. The Balaban J connectivity index is 2.48. The van der Waals surface area contributed by atoms with Crippen LogP contribution >= 0.6 is 0 Å². The van der Waals surface area contributed by atoms with Gasteiger partial charge in [-0.2, -0.15) is 0 Å². The minimum atomic E-state index is 1.15. The number of nitrogens with zero attached hydrogens (tertiary/aromatic N) is 1. The number of fused-ring (bicyclic) bond motifs is 1. The normalized spacial score (nSPS) is 16.5. The minimum absolute atomic E-state index is 1.15. The molecule has 0 atom stereocenters. The highest BCUT2D eigenvalue weighted by Gasteiger charge is 2.19. The molecule has 15 heavy (non-hydrogen) atoms. The van der Waals surface area contributed by atoms with Gasteiger partial charge in [-0.15, -0.1) is 0 Å². The number of benzene rings is 1. The van der Waals surface area contributed by atoms with E-state index in [-0.39, 0.29) is 0 Å². The van der Waals surface area contributed by atoms with Crippen molar-refractivity contribution < 1.29 is 0 Å². The highest BCUT2D eigenvalue weighted by Crippen LogP contribution is 2.27. The van der Waals surface area contributed by atoms with Crippen molar-refractivity contribution in [3.63, 3.8) is 0 Å². The maximum absolute atomic E-state index is 2.54. The molecule has 1 nitrogen and oxygen atoms in total. The zero-order chi connectivity index (χ0) is 11.0. The summed E-state index contributed by atoms with van der Waals surface area (Å²) in [4.78, 5) is 2.54. The summed E-state index contributed by atoms with van der Waals surface area (Å²) in [6, 6.07) is 2.34. The molecule has 1 aromatic carbocycles. The average molecular weight is 203 g/mol. The molecule has 1 aromatic rings. The van der Waals surface area contributed by atoms with Crippen LogP contribution in [0.5, 0.6) is 0 Å². The van der Waals surface area contributed by atoms with Gasteiger partial charge >= 0.3 is 0 Å². The maximum Gasteiger partial charge on any atom is 0.0239 e. The van der Waals surface area contributed by atoms with Crippen LogP contribution in [0, 0.1) is 20.8 Å². The molecule has 0 aromatic heterocycles. The highest BCUT2D eigenvalue weighted by atomic mass is 15.1. The third-order valence-corrected chi connectivity index (χ3v) is 3.82. The fourth-order valence-corrected chi connectivity index (χ4v) is 2.63. The van der Waals surface area contributed by atoms with E-state index in [1.54, 1.807) is 11.1 Å². The molecule has 1 heteroatoms. The molecule has 0 saturated carbocycles. The molecule has 82 valence electrons. The SMILES string of the molecule is CCN1CCc2c(C)cc(C)c(C)c2C1. The molecule has 0 bridgehead atoms. The van der Waals surface area contributed by atoms with E-state index >= 15 is 0 Å². The quantitative estimate of drug-likeness (QED) is 0.678. The summed E-state index contributed by atoms with van der Waals surface area (Å²) in [5, 5.41) is 0. The van der Waals surface area contributed by atoms with Crippen LogP contribution in [0.3, 0.4) is 0 Å². The predicted octanol–water partition coefficient (Wildman–Crippen LogP) is 2.99. The van der Waals surface area contributed by atoms with E-state index in [2.05, 4.69) is 38.7 Å². The first kappa shape index (κ1) is 10.7. The topological polar surface area (TPSA) is 3.24 Å². The Morgan fingerprint density at radius 1 is 1.13 bits per heavy atom. The summed E-state index contributed by atoms with van der Waals surface area (Å²) in [5.41, 5.74) is 7.66. The second-order valence-corrected chi connectivity index (χ2v) is 4.71. The molecular weight excluding hydrogens is 182 g/mol. The first-order chi connectivity index (χ1) is 7.13. The van der Waals surface area contributed by atoms with Crippen molar-refractivity contribution in [2.24, 2.45) is 0 Å². The van der Waals surface area contributed by atoms with Gasteiger partial charge in [-0.25, -0.2) is 0 Å². The van der Waals surface area contributed by atoms with Gasteiger partial charge in [0.15, 0.2) is 0 Å². The van der Waals surface area contributed by atoms with Crippen molar-refractivity contribution in [1.82, 2.24) is 4.90 Å². The molecule has 0 unspecified atom stereocenters. The summed E-state index contributed by atoms with van der Waals surface area (Å²) in [6.07, 6.45) is 1.23. The van der Waals surface area contributed by atoms with E-state index < -0.39 is 0 Å². The largest absolute Gasteiger partial charge is 0.299 e. The summed E-state index contributed by atoms with van der Waals surface area (Å²) >= 11 is 0. The molecule has 1 heterocycles. The van der Waals surface area contributed by atoms with Gasteiger partial charge in [-0.3, -0.25) is 4.90 Å². The third-order valence-electron chi connectivity index (χ3n) is 3.82. The van der Waals surface area contributed by atoms with Gasteiger partial charge in [0.25, 0.3) is 0 Å². The monoisotopic (exact) mass is 203 g/mol. The fourth-order valence-electron chi connectivity index (χ4n) is 2.63. The zero-order valence-corrected chi connectivity index (χ0v) is 10.4. The maximum atomic E-state index is 2.54. The van der Waals surface area contributed by atoms with Gasteiger partial charge in [0.1, 0.15) is 0 Å². The van der Waals surface area contributed by atoms with E-state index in [1.165, 1.54) is 36.2 Å². The second-order valence-electron chi connectivity index (χ2n) is 4.71. The second kappa shape index (κ2) is 3.97. The third kappa shape index (κ3) is 1.81. The number of hydrogen-bond acceptors (Lipinski definition) is 1. The average Bonchev–Trinajstić information content (AvgIpc) is 2.25. The first-order valence-electron chi connectivity index (χ1n) is 5.94. The Hall–Kier alpha value is -0.820. The summed E-state index contributed by atoms with van der Waals surface area (Å²) < 4.78 is 0. The van der Waals surface area contributed by atoms with Crippen molar-refractivity contribution in [2.45, 2.75) is 40.7 Å². The first-order valence-corrected chi connectivity index (χ1v) is 5.94. The lowest BCUT2D eigenvalue weighted by Crippen LogP contribution is -2.31. The van der Waals surface area contributed by atoms with E-state index in [4.69, 9.17) is 0 Å². The van der Waals surface area contributed by atoms with Crippen LogP contribution < -0.4 is 0 Å². The van der Waals surface area contributed by atoms with Crippen molar-refractivity contribution in [3.8, 4) is 0 Å². The molecule has 0 radical (unpaired) electrons. The van der Waals surface area contributed by atoms with Crippen molar-refractivity contribution in [2.75, 3.05) is 13.1 Å². The molecule has 0 spiro atoms. The Labute approximate surface area is 93.1 Å². The Bertz CT molecular complexity index is 379. The summed E-state index contributed by atoms with van der Waals surface area (Å²) in [6.45, 7) is 12.6. The van der Waals surface area contributed by atoms with Crippen molar-refractivity contribution >= 4 is 0 Å². The van der Waals surface area contributed by atoms with Crippen LogP contribution in [-0.2, 0) is 13.0 Å². The number of likely N-dealkylation sites (N-methyl/N-ethyl adjacent to an activating group) is 1. The summed E-state index contributed by atoms with van der Waals surface area (Å²) in [7, 11) is 0. The molecule has 0 amide bonds. The molecular formula is C14H21N. The van der Waals surface area contributed by atoms with E-state index in [9.17, 15) is 0 Å². The van der Waals surface area contributed by atoms with Gasteiger partial charge in [0.2, 0.25) is 0 Å². The van der Waals surface area contributed by atoms with Gasteiger partial charge in [-0.1, -0.05) is 13.0 Å². The van der Waals surface area contributed by atoms with E-state index in [1.807, 2.05) is 0 Å². The van der Waals surface area contributed by atoms with Crippen LogP contribution in [0.25, 0.3) is 0 Å². The highest BCUT2D eigenvalue weighted by molar-refractivity contribution is 5.45. The lowest BCUT2D eigenvalue weighted by atomic mass is 9.89. The predicted molar refractivity (Wildman–Crippen MR) is 65.3 cm³/mol. The van der Waals surface area contributed by atoms with Crippen LogP contribution in [0.2, 0.25) is 0 Å². The molecule has 2 rings (SSSR count). The van der Waals surface area contributed by atoms with Crippen LogP contribution in [0.4, 0.5) is 0 Å². The lowest BCUT2D eigenvalue weighted by Gasteiger charge is -2.30. The Morgan fingerprint density at radius 2 is 1.87 bits per heavy atom. The number of aryl methyl sites for hydroxylation is 2. The van der Waals surface area contributed by atoms with Crippen LogP contribution in [0.15, 0.2) is 6.07 Å². The van der Waals surface area contributed by atoms with E-state index in [0.29, 0.717) is 0 Å². The molecule has 0 aliphatic carbocycles.